The number of carbonyl (C=O) groups is 1. The summed E-state index contributed by atoms with van der Waals surface area (Å²) in [5, 5.41) is 3.98. The van der Waals surface area contributed by atoms with Crippen LogP contribution < -0.4 is 4.74 Å². The maximum absolute atomic E-state index is 12.8. The van der Waals surface area contributed by atoms with Gasteiger partial charge in [-0.05, 0) is 35.9 Å². The molecule has 0 spiro atoms. The monoisotopic (exact) mass is 341 g/mol. The van der Waals surface area contributed by atoms with Crippen molar-refractivity contribution in [3.8, 4) is 5.88 Å². The fraction of sp³-hybridized carbons (Fsp3) is 0.111. The number of hydrogen-bond acceptors (Lipinski definition) is 5. The largest absolute Gasteiger partial charge is 0.444 e. The highest BCUT2D eigenvalue weighted by Gasteiger charge is 2.23. The summed E-state index contributed by atoms with van der Waals surface area (Å²) >= 11 is 3.18. The van der Waals surface area contributed by atoms with Crippen molar-refractivity contribution in [1.29, 1.82) is 0 Å². The third kappa shape index (κ3) is 3.94. The molecule has 23 heavy (non-hydrogen) atoms. The molecule has 0 saturated carbocycles. The summed E-state index contributed by atoms with van der Waals surface area (Å²) < 4.78 is 5.61. The van der Waals surface area contributed by atoms with E-state index in [1.54, 1.807) is 47.9 Å². The smallest absolute Gasteiger partial charge is 0.218 e. The van der Waals surface area contributed by atoms with Crippen LogP contribution in [0.2, 0.25) is 0 Å². The van der Waals surface area contributed by atoms with Crippen molar-refractivity contribution < 1.29 is 9.53 Å². The Hall–Kier alpha value is -2.24. The molecule has 3 heterocycles. The normalized spacial score (nSPS) is 11.7. The van der Waals surface area contributed by atoms with Crippen molar-refractivity contribution in [1.82, 2.24) is 4.98 Å². The van der Waals surface area contributed by atoms with E-state index in [0.717, 1.165) is 9.75 Å². The maximum atomic E-state index is 12.8. The Morgan fingerprint density at radius 3 is 2.30 bits per heavy atom. The van der Waals surface area contributed by atoms with Gasteiger partial charge in [0.1, 0.15) is 5.76 Å². The van der Waals surface area contributed by atoms with Crippen molar-refractivity contribution in [2.24, 2.45) is 0 Å². The summed E-state index contributed by atoms with van der Waals surface area (Å²) in [4.78, 5) is 19.0. The van der Waals surface area contributed by atoms with E-state index in [1.807, 2.05) is 47.2 Å². The van der Waals surface area contributed by atoms with Crippen molar-refractivity contribution in [2.45, 2.75) is 12.8 Å². The standard InChI is InChI=1S/C18H15NO2S2/c1-13(21-17-8-2-3-9-19-17)12-14(20)18(15-6-4-10-22-15)16-7-5-11-23-16/h2-12,18H,1H3/b13-12+. The zero-order valence-corrected chi connectivity index (χ0v) is 14.1. The van der Waals surface area contributed by atoms with E-state index >= 15 is 0 Å². The quantitative estimate of drug-likeness (QED) is 0.473. The van der Waals surface area contributed by atoms with E-state index < -0.39 is 0 Å². The molecule has 0 amide bonds. The lowest BCUT2D eigenvalue weighted by atomic mass is 9.99. The van der Waals surface area contributed by atoms with Gasteiger partial charge in [0.05, 0.1) is 5.92 Å². The Balaban J connectivity index is 1.83. The summed E-state index contributed by atoms with van der Waals surface area (Å²) in [5.41, 5.74) is 0. The Morgan fingerprint density at radius 1 is 1.09 bits per heavy atom. The number of hydrogen-bond donors (Lipinski definition) is 0. The second-order valence-corrected chi connectivity index (χ2v) is 6.85. The van der Waals surface area contributed by atoms with Crippen LogP contribution in [-0.2, 0) is 4.79 Å². The highest BCUT2D eigenvalue weighted by molar-refractivity contribution is 7.12. The number of carbonyl (C=O) groups excluding carboxylic acids is 1. The van der Waals surface area contributed by atoms with Crippen LogP contribution in [0.1, 0.15) is 22.6 Å². The first-order valence-electron chi connectivity index (χ1n) is 7.12. The molecule has 0 fully saturated rings. The van der Waals surface area contributed by atoms with E-state index in [4.69, 9.17) is 4.74 Å². The van der Waals surface area contributed by atoms with Crippen LogP contribution in [0, 0.1) is 0 Å². The molecule has 116 valence electrons. The van der Waals surface area contributed by atoms with E-state index in [9.17, 15) is 4.79 Å². The van der Waals surface area contributed by atoms with Gasteiger partial charge < -0.3 is 4.74 Å². The molecule has 0 radical (unpaired) electrons. The van der Waals surface area contributed by atoms with Gasteiger partial charge in [-0.15, -0.1) is 22.7 Å². The van der Waals surface area contributed by atoms with Crippen LogP contribution >= 0.6 is 22.7 Å². The molecule has 0 aliphatic carbocycles. The van der Waals surface area contributed by atoms with Gasteiger partial charge >= 0.3 is 0 Å². The number of ether oxygens (including phenoxy) is 1. The third-order valence-electron chi connectivity index (χ3n) is 3.19. The van der Waals surface area contributed by atoms with E-state index in [2.05, 4.69) is 4.98 Å². The predicted molar refractivity (Wildman–Crippen MR) is 94.1 cm³/mol. The summed E-state index contributed by atoms with van der Waals surface area (Å²) in [7, 11) is 0. The van der Waals surface area contributed by atoms with E-state index in [1.165, 1.54) is 0 Å². The molecule has 3 nitrogen and oxygen atoms in total. The summed E-state index contributed by atoms with van der Waals surface area (Å²) in [6.07, 6.45) is 3.21. The van der Waals surface area contributed by atoms with Gasteiger partial charge in [-0.3, -0.25) is 4.79 Å². The molecule has 0 saturated heterocycles. The van der Waals surface area contributed by atoms with Gasteiger partial charge in [0, 0.05) is 28.1 Å². The number of rotatable bonds is 6. The van der Waals surface area contributed by atoms with E-state index in [-0.39, 0.29) is 11.7 Å². The van der Waals surface area contributed by atoms with Crippen LogP contribution in [-0.4, -0.2) is 10.8 Å². The molecule has 0 aliphatic heterocycles. The van der Waals surface area contributed by atoms with Crippen molar-refractivity contribution in [3.05, 3.63) is 81.0 Å². The van der Waals surface area contributed by atoms with Crippen LogP contribution in [0.5, 0.6) is 5.88 Å². The SMILES string of the molecule is C/C(=C\C(=O)C(c1cccs1)c1cccs1)Oc1ccccn1. The first-order valence-corrected chi connectivity index (χ1v) is 8.88. The van der Waals surface area contributed by atoms with Crippen LogP contribution in [0.4, 0.5) is 0 Å². The molecule has 0 atom stereocenters. The number of ketones is 1. The lowest BCUT2D eigenvalue weighted by molar-refractivity contribution is -0.115. The number of nitrogens with zero attached hydrogens (tertiary/aromatic N) is 1. The Labute approximate surface area is 142 Å². The Kier molecular flexibility index (Phi) is 5.00. The molecule has 3 rings (SSSR count). The molecule has 5 heteroatoms. The molecular formula is C18H15NO2S2. The van der Waals surface area contributed by atoms with Crippen LogP contribution in [0.15, 0.2) is 71.3 Å². The molecule has 0 aromatic carbocycles. The molecular weight excluding hydrogens is 326 g/mol. The van der Waals surface area contributed by atoms with Gasteiger partial charge in [0.15, 0.2) is 5.78 Å². The molecule has 3 aromatic heterocycles. The topological polar surface area (TPSA) is 39.2 Å². The first-order chi connectivity index (χ1) is 11.2. The fourth-order valence-corrected chi connectivity index (χ4v) is 3.99. The van der Waals surface area contributed by atoms with Gasteiger partial charge in [0.2, 0.25) is 5.88 Å². The minimum absolute atomic E-state index is 0.0170. The zero-order chi connectivity index (χ0) is 16.1. The molecule has 0 N–H and O–H groups in total. The van der Waals surface area contributed by atoms with Gasteiger partial charge in [-0.2, -0.15) is 0 Å². The molecule has 0 unspecified atom stereocenters. The summed E-state index contributed by atoms with van der Waals surface area (Å²) in [5.74, 6) is 0.769. The van der Waals surface area contributed by atoms with E-state index in [0.29, 0.717) is 11.6 Å². The predicted octanol–water partition coefficient (Wildman–Crippen LogP) is 4.89. The highest BCUT2D eigenvalue weighted by Crippen LogP contribution is 2.32. The average Bonchev–Trinajstić information content (AvgIpc) is 3.22. The van der Waals surface area contributed by atoms with Crippen LogP contribution in [0.3, 0.4) is 0 Å². The van der Waals surface area contributed by atoms with Crippen molar-refractivity contribution in [2.75, 3.05) is 0 Å². The minimum Gasteiger partial charge on any atom is -0.444 e. The molecule has 0 bridgehead atoms. The van der Waals surface area contributed by atoms with Gasteiger partial charge in [-0.25, -0.2) is 4.98 Å². The summed E-state index contributed by atoms with van der Waals surface area (Å²) in [6.45, 7) is 1.77. The first kappa shape index (κ1) is 15.6. The van der Waals surface area contributed by atoms with Gasteiger partial charge in [-0.1, -0.05) is 18.2 Å². The lowest BCUT2D eigenvalue weighted by Gasteiger charge is -2.11. The minimum atomic E-state index is -0.266. The average molecular weight is 341 g/mol. The number of thiophene rings is 2. The zero-order valence-electron chi connectivity index (χ0n) is 12.5. The number of pyridine rings is 1. The Bertz CT molecular complexity index is 744. The fourth-order valence-electron chi connectivity index (χ4n) is 2.22. The third-order valence-corrected chi connectivity index (χ3v) is 5.06. The van der Waals surface area contributed by atoms with Crippen LogP contribution in [0.25, 0.3) is 0 Å². The molecule has 0 aliphatic rings. The molecule has 3 aromatic rings. The second kappa shape index (κ2) is 7.35. The van der Waals surface area contributed by atoms with Gasteiger partial charge in [0.25, 0.3) is 0 Å². The lowest BCUT2D eigenvalue weighted by Crippen LogP contribution is -2.10. The Morgan fingerprint density at radius 2 is 1.78 bits per heavy atom. The van der Waals surface area contributed by atoms with Crippen molar-refractivity contribution >= 4 is 28.5 Å². The second-order valence-electron chi connectivity index (χ2n) is 4.89. The summed E-state index contributed by atoms with van der Waals surface area (Å²) in [6, 6.07) is 13.4. The maximum Gasteiger partial charge on any atom is 0.218 e. The van der Waals surface area contributed by atoms with Crippen molar-refractivity contribution in [3.63, 3.8) is 0 Å². The number of allylic oxidation sites excluding steroid dienone is 2. The highest BCUT2D eigenvalue weighted by atomic mass is 32.1. The number of aromatic nitrogens is 1.